The summed E-state index contributed by atoms with van der Waals surface area (Å²) in [5.74, 6) is -2.52. The summed E-state index contributed by atoms with van der Waals surface area (Å²) in [7, 11) is -3.24. The summed E-state index contributed by atoms with van der Waals surface area (Å²) in [4.78, 5) is 52.9. The monoisotopic (exact) mass is 764 g/mol. The minimum atomic E-state index is -5.04. The number of rotatable bonds is 14. The van der Waals surface area contributed by atoms with Crippen LogP contribution in [0.2, 0.25) is 0 Å². The van der Waals surface area contributed by atoms with Crippen LogP contribution in [0.3, 0.4) is 0 Å². The molecule has 4 heterocycles. The van der Waals surface area contributed by atoms with Crippen molar-refractivity contribution in [2.24, 2.45) is 17.9 Å². The van der Waals surface area contributed by atoms with E-state index in [4.69, 9.17) is 25.6 Å². The molecular formula is C30H38N9O11S2+. The highest BCUT2D eigenvalue weighted by molar-refractivity contribution is 7.80. The number of carboxylic acids is 1. The molecule has 9 N–H and O–H groups in total. The Morgan fingerprint density at radius 3 is 2.65 bits per heavy atom. The van der Waals surface area contributed by atoms with E-state index in [1.165, 1.54) is 26.2 Å². The maximum atomic E-state index is 13.5. The van der Waals surface area contributed by atoms with E-state index in [-0.39, 0.29) is 30.3 Å². The molecule has 2 aliphatic rings. The van der Waals surface area contributed by atoms with Crippen LogP contribution in [0.1, 0.15) is 38.4 Å². The number of ether oxygens (including phenoxy) is 1. The van der Waals surface area contributed by atoms with Gasteiger partial charge in [0, 0.05) is 17.5 Å². The lowest BCUT2D eigenvalue weighted by Crippen LogP contribution is -2.76. The molecule has 22 heteroatoms. The third-order valence-corrected chi connectivity index (χ3v) is 9.58. The molecule has 5 rings (SSSR count). The van der Waals surface area contributed by atoms with Crippen LogP contribution < -0.4 is 31.4 Å². The number of hydroxylamine groups is 2. The zero-order chi connectivity index (χ0) is 38.2. The molecule has 280 valence electrons. The number of carbonyl (C=O) groups excluding carboxylic acids is 2. The Labute approximate surface area is 301 Å². The summed E-state index contributed by atoms with van der Waals surface area (Å²) in [6.07, 6.45) is 2.33. The highest BCUT2D eigenvalue weighted by Crippen LogP contribution is 2.37. The number of aryl methyl sites for hydroxylation is 2. The second-order valence-electron chi connectivity index (χ2n) is 12.7. The van der Waals surface area contributed by atoms with Gasteiger partial charge in [-0.25, -0.2) is 14.3 Å². The molecule has 0 saturated carbocycles. The van der Waals surface area contributed by atoms with Crippen molar-refractivity contribution in [2.75, 3.05) is 24.1 Å². The Balaban J connectivity index is 1.34. The number of hydrogen-bond donors (Lipinski definition) is 7. The molecule has 1 fully saturated rings. The molecule has 52 heavy (non-hydrogen) atoms. The van der Waals surface area contributed by atoms with Crippen LogP contribution in [0.25, 0.3) is 11.1 Å². The number of nitrogens with two attached hydrogens (primary N) is 2. The topological polar surface area (TPSA) is 295 Å². The number of fused-ring (bicyclic) bond motifs is 1. The van der Waals surface area contributed by atoms with Crippen molar-refractivity contribution in [2.45, 2.75) is 63.0 Å². The van der Waals surface area contributed by atoms with Crippen molar-refractivity contribution in [1.29, 1.82) is 0 Å². The lowest BCUT2D eigenvalue weighted by molar-refractivity contribution is -0.659. The van der Waals surface area contributed by atoms with Gasteiger partial charge in [0.2, 0.25) is 0 Å². The molecule has 1 aromatic carbocycles. The van der Waals surface area contributed by atoms with Crippen molar-refractivity contribution in [3.63, 3.8) is 0 Å². The Morgan fingerprint density at radius 1 is 1.33 bits per heavy atom. The molecule has 0 aliphatic carbocycles. The van der Waals surface area contributed by atoms with Crippen LogP contribution in [-0.2, 0) is 47.4 Å². The van der Waals surface area contributed by atoms with Crippen LogP contribution in [0.4, 0.5) is 11.1 Å². The van der Waals surface area contributed by atoms with Crippen LogP contribution in [0.5, 0.6) is 5.75 Å². The van der Waals surface area contributed by atoms with Crippen LogP contribution >= 0.6 is 11.3 Å². The first kappa shape index (κ1) is 38.2. The van der Waals surface area contributed by atoms with Gasteiger partial charge in [0.05, 0.1) is 31.4 Å². The number of carboxylic acid groups (broad SMARTS) is 1. The number of aromatic nitrogens is 3. The Kier molecular flexibility index (Phi) is 10.7. The number of thiazole rings is 1. The number of oxime groups is 1. The SMILES string of the molecule is C[n+]1cc(-c2ccc3c(c2)CC[C@H]([C@](C)(O/N=C(\C(=O)N[C@@H]2C(=O)N(OS(=O)(=O)O)C2(C)C)c2csc(N)n2)C(=O)O)O3)cnc1NC[C@@H](O)CN. The molecule has 0 radical (unpaired) electrons. The third-order valence-electron chi connectivity index (χ3n) is 8.57. The van der Waals surface area contributed by atoms with E-state index < -0.39 is 63.3 Å². The lowest BCUT2D eigenvalue weighted by Gasteiger charge is -2.50. The van der Waals surface area contributed by atoms with Gasteiger partial charge in [-0.15, -0.1) is 15.6 Å². The molecule has 1 saturated heterocycles. The van der Waals surface area contributed by atoms with E-state index in [1.54, 1.807) is 29.9 Å². The smallest absolute Gasteiger partial charge is 0.418 e. The number of aliphatic hydroxyl groups excluding tert-OH is 1. The fourth-order valence-corrected chi connectivity index (χ4v) is 6.49. The molecule has 20 nitrogen and oxygen atoms in total. The first-order valence-corrected chi connectivity index (χ1v) is 17.9. The predicted molar refractivity (Wildman–Crippen MR) is 183 cm³/mol. The second-order valence-corrected chi connectivity index (χ2v) is 14.6. The zero-order valence-corrected chi connectivity index (χ0v) is 30.0. The van der Waals surface area contributed by atoms with Gasteiger partial charge in [-0.2, -0.15) is 13.5 Å². The van der Waals surface area contributed by atoms with E-state index in [0.717, 1.165) is 28.0 Å². The average Bonchev–Trinajstić information content (AvgIpc) is 3.53. The van der Waals surface area contributed by atoms with Crippen molar-refractivity contribution >= 4 is 56.3 Å². The number of benzene rings is 1. The van der Waals surface area contributed by atoms with Crippen molar-refractivity contribution in [3.8, 4) is 16.9 Å². The minimum absolute atomic E-state index is 0.0513. The van der Waals surface area contributed by atoms with Crippen LogP contribution in [-0.4, -0.2) is 104 Å². The quantitative estimate of drug-likeness (QED) is 0.0346. The molecule has 4 atom stereocenters. The number of anilines is 2. The Morgan fingerprint density at radius 2 is 2.06 bits per heavy atom. The standard InChI is InChI=1S/C30H37N9O11S2/c1-29(2)23(25(42)39(29)50-52(45,46)47)36-24(41)22(19-14-51-27(32)35-19)37-49-30(3,26(43)44)21-8-6-16-9-15(5-7-20(16)48-21)17-11-33-28(38(4)13-17)34-12-18(40)10-31/h5,7,9,11,13-14,18,21,23,40H,6,8,10,12,31H2,1-4H3,(H5,32,35,36,41,43,44,45,46,47)/p+1/b37-22-/t18-,21+,23+,30-/m0/s1. The van der Waals surface area contributed by atoms with Gasteiger partial charge in [0.25, 0.3) is 17.4 Å². The number of hydrogen-bond acceptors (Lipinski definition) is 16. The molecular weight excluding hydrogens is 727 g/mol. The van der Waals surface area contributed by atoms with E-state index >= 15 is 0 Å². The van der Waals surface area contributed by atoms with Gasteiger partial charge < -0.3 is 36.6 Å². The number of carbonyl (C=O) groups is 3. The van der Waals surface area contributed by atoms with Gasteiger partial charge in [0.1, 0.15) is 23.7 Å². The normalized spacial score (nSPS) is 20.1. The first-order chi connectivity index (χ1) is 24.3. The van der Waals surface area contributed by atoms with E-state index in [9.17, 15) is 33.0 Å². The van der Waals surface area contributed by atoms with Crippen LogP contribution in [0.15, 0.2) is 41.1 Å². The number of nitrogens with one attached hydrogen (secondary N) is 2. The largest absolute Gasteiger partial charge is 0.485 e. The minimum Gasteiger partial charge on any atom is -0.485 e. The summed E-state index contributed by atoms with van der Waals surface area (Å²) < 4.78 is 43.6. The summed E-state index contributed by atoms with van der Waals surface area (Å²) in [5, 5.41) is 31.2. The fraction of sp³-hybridized carbons (Fsp3) is 0.433. The number of nitrogen functional groups attached to an aromatic ring is 1. The number of nitrogens with zero attached hydrogens (tertiary/aromatic N) is 5. The first-order valence-electron chi connectivity index (χ1n) is 15.6. The number of aliphatic carboxylic acids is 1. The van der Waals surface area contributed by atoms with Crippen molar-refractivity contribution < 1.29 is 56.0 Å². The highest BCUT2D eigenvalue weighted by atomic mass is 32.3. The summed E-state index contributed by atoms with van der Waals surface area (Å²) in [6, 6.07) is 4.06. The van der Waals surface area contributed by atoms with Crippen molar-refractivity contribution in [3.05, 3.63) is 47.2 Å². The summed E-state index contributed by atoms with van der Waals surface area (Å²) in [5.41, 5.74) is 9.46. The predicted octanol–water partition coefficient (Wildman–Crippen LogP) is -0.859. The highest BCUT2D eigenvalue weighted by Gasteiger charge is 2.58. The molecule has 0 unspecified atom stereocenters. The van der Waals surface area contributed by atoms with Crippen molar-refractivity contribution in [1.82, 2.24) is 20.3 Å². The third kappa shape index (κ3) is 7.90. The lowest BCUT2D eigenvalue weighted by atomic mass is 9.84. The van der Waals surface area contributed by atoms with E-state index in [0.29, 0.717) is 23.2 Å². The van der Waals surface area contributed by atoms with Gasteiger partial charge in [0.15, 0.2) is 16.9 Å². The summed E-state index contributed by atoms with van der Waals surface area (Å²) >= 11 is 0.959. The number of amides is 2. The zero-order valence-electron chi connectivity index (χ0n) is 28.3. The van der Waals surface area contributed by atoms with Gasteiger partial charge in [-0.05, 0) is 56.9 Å². The number of β-lactam (4-membered cyclic amide) rings is 1. The average molecular weight is 765 g/mol. The maximum Gasteiger partial charge on any atom is 0.418 e. The van der Waals surface area contributed by atoms with Gasteiger partial charge in [-0.1, -0.05) is 16.2 Å². The van der Waals surface area contributed by atoms with E-state index in [1.807, 2.05) is 12.3 Å². The Hall–Kier alpha value is -5.00. The fourth-order valence-electron chi connectivity index (χ4n) is 5.49. The van der Waals surface area contributed by atoms with Gasteiger partial charge >= 0.3 is 22.3 Å². The molecule has 3 aromatic rings. The van der Waals surface area contributed by atoms with E-state index in [2.05, 4.69) is 30.0 Å². The second kappa shape index (κ2) is 14.6. The molecule has 2 aliphatic heterocycles. The molecule has 2 amide bonds. The summed E-state index contributed by atoms with van der Waals surface area (Å²) in [6.45, 7) is 4.32. The van der Waals surface area contributed by atoms with Gasteiger partial charge in [-0.3, -0.25) is 19.5 Å². The van der Waals surface area contributed by atoms with Crippen LogP contribution in [0, 0.1) is 0 Å². The maximum absolute atomic E-state index is 13.5. The molecule has 0 bridgehead atoms. The molecule has 2 aromatic heterocycles. The molecule has 0 spiro atoms. The Bertz CT molecular complexity index is 2020. The number of aliphatic hydroxyl groups is 1.